The molecule has 0 fully saturated rings. The maximum Gasteiger partial charge on any atom is 0.283 e. The van der Waals surface area contributed by atoms with E-state index in [0.717, 1.165) is 4.31 Å². The summed E-state index contributed by atoms with van der Waals surface area (Å²) in [5.74, 6) is 0.613. The van der Waals surface area contributed by atoms with Crippen LogP contribution in [0.4, 0.5) is 0 Å². The Morgan fingerprint density at radius 2 is 1.93 bits per heavy atom. The molecule has 0 unspecified atom stereocenters. The molecule has 0 aliphatic carbocycles. The van der Waals surface area contributed by atoms with Crippen LogP contribution in [0.15, 0.2) is 56.4 Å². The first-order chi connectivity index (χ1) is 13.8. The SMILES string of the molecule is CCCN(Cc1nnc(-c2ccco2)o1)C(=O)c1cccc(S(=O)(=O)N(C)C)c1. The molecule has 2 heterocycles. The number of aromatic nitrogens is 2. The molecule has 154 valence electrons. The molecule has 3 rings (SSSR count). The third-order valence-corrected chi connectivity index (χ3v) is 5.98. The first kappa shape index (κ1) is 20.7. The van der Waals surface area contributed by atoms with E-state index in [0.29, 0.717) is 18.7 Å². The van der Waals surface area contributed by atoms with E-state index in [1.807, 2.05) is 6.92 Å². The predicted octanol–water partition coefficient (Wildman–Crippen LogP) is 2.63. The summed E-state index contributed by atoms with van der Waals surface area (Å²) in [6.07, 6.45) is 2.21. The highest BCUT2D eigenvalue weighted by Crippen LogP contribution is 2.20. The molecule has 0 saturated heterocycles. The van der Waals surface area contributed by atoms with E-state index < -0.39 is 10.0 Å². The Balaban J connectivity index is 1.83. The summed E-state index contributed by atoms with van der Waals surface area (Å²) in [6.45, 7) is 2.49. The minimum Gasteiger partial charge on any atom is -0.459 e. The molecule has 29 heavy (non-hydrogen) atoms. The van der Waals surface area contributed by atoms with Crippen LogP contribution in [0.5, 0.6) is 0 Å². The Morgan fingerprint density at radius 1 is 1.14 bits per heavy atom. The van der Waals surface area contributed by atoms with Gasteiger partial charge in [-0.2, -0.15) is 0 Å². The second kappa shape index (κ2) is 8.58. The van der Waals surface area contributed by atoms with Crippen molar-refractivity contribution in [3.05, 3.63) is 54.1 Å². The first-order valence-corrected chi connectivity index (χ1v) is 10.4. The van der Waals surface area contributed by atoms with Gasteiger partial charge in [-0.1, -0.05) is 13.0 Å². The van der Waals surface area contributed by atoms with E-state index in [4.69, 9.17) is 8.83 Å². The van der Waals surface area contributed by atoms with Gasteiger partial charge < -0.3 is 13.7 Å². The Kier molecular flexibility index (Phi) is 6.14. The Hall–Kier alpha value is -2.98. The van der Waals surface area contributed by atoms with E-state index in [1.165, 1.54) is 32.5 Å². The number of carbonyl (C=O) groups is 1. The highest BCUT2D eigenvalue weighted by Gasteiger charge is 2.22. The molecule has 9 nitrogen and oxygen atoms in total. The maximum absolute atomic E-state index is 13.0. The number of carbonyl (C=O) groups excluding carboxylic acids is 1. The van der Waals surface area contributed by atoms with Crippen LogP contribution in [-0.2, 0) is 16.6 Å². The number of hydrogen-bond acceptors (Lipinski definition) is 7. The second-order valence-corrected chi connectivity index (χ2v) is 8.67. The van der Waals surface area contributed by atoms with Crippen LogP contribution in [0.3, 0.4) is 0 Å². The summed E-state index contributed by atoms with van der Waals surface area (Å²) in [6, 6.07) is 9.38. The van der Waals surface area contributed by atoms with Gasteiger partial charge in [-0.05, 0) is 36.8 Å². The molecule has 0 spiro atoms. The molecule has 1 amide bonds. The van der Waals surface area contributed by atoms with Crippen molar-refractivity contribution in [2.24, 2.45) is 0 Å². The van der Waals surface area contributed by atoms with Gasteiger partial charge in [0.25, 0.3) is 11.8 Å². The van der Waals surface area contributed by atoms with Crippen molar-refractivity contribution < 1.29 is 22.0 Å². The Bertz CT molecular complexity index is 1070. The van der Waals surface area contributed by atoms with Gasteiger partial charge in [-0.15, -0.1) is 10.2 Å². The molecule has 0 atom stereocenters. The van der Waals surface area contributed by atoms with Gasteiger partial charge in [0, 0.05) is 26.2 Å². The average Bonchev–Trinajstić information content (AvgIpc) is 3.39. The van der Waals surface area contributed by atoms with Crippen molar-refractivity contribution in [1.82, 2.24) is 19.4 Å². The topological polar surface area (TPSA) is 110 Å². The van der Waals surface area contributed by atoms with Gasteiger partial charge >= 0.3 is 0 Å². The zero-order valence-electron chi connectivity index (χ0n) is 16.4. The van der Waals surface area contributed by atoms with Gasteiger partial charge in [0.2, 0.25) is 15.9 Å². The molecular formula is C19H22N4O5S. The lowest BCUT2D eigenvalue weighted by Gasteiger charge is -2.21. The van der Waals surface area contributed by atoms with E-state index in [1.54, 1.807) is 29.2 Å². The summed E-state index contributed by atoms with van der Waals surface area (Å²) in [4.78, 5) is 14.6. The molecule has 2 aromatic heterocycles. The van der Waals surface area contributed by atoms with Gasteiger partial charge in [0.05, 0.1) is 17.7 Å². The van der Waals surface area contributed by atoms with E-state index >= 15 is 0 Å². The largest absolute Gasteiger partial charge is 0.459 e. The fourth-order valence-electron chi connectivity index (χ4n) is 2.69. The lowest BCUT2D eigenvalue weighted by Crippen LogP contribution is -2.31. The zero-order chi connectivity index (χ0) is 21.0. The average molecular weight is 418 g/mol. The highest BCUT2D eigenvalue weighted by atomic mass is 32.2. The highest BCUT2D eigenvalue weighted by molar-refractivity contribution is 7.89. The second-order valence-electron chi connectivity index (χ2n) is 6.52. The lowest BCUT2D eigenvalue weighted by molar-refractivity contribution is 0.0728. The summed E-state index contributed by atoms with van der Waals surface area (Å²) in [7, 11) is -0.753. The molecule has 0 saturated carbocycles. The van der Waals surface area contributed by atoms with Crippen LogP contribution in [0.25, 0.3) is 11.7 Å². The van der Waals surface area contributed by atoms with Gasteiger partial charge in [-0.3, -0.25) is 4.79 Å². The molecule has 10 heteroatoms. The lowest BCUT2D eigenvalue weighted by atomic mass is 10.2. The molecule has 0 aliphatic rings. The summed E-state index contributed by atoms with van der Waals surface area (Å²) >= 11 is 0. The minimum atomic E-state index is -3.64. The number of nitrogens with zero attached hydrogens (tertiary/aromatic N) is 4. The van der Waals surface area contributed by atoms with Crippen LogP contribution in [-0.4, -0.2) is 54.4 Å². The van der Waals surface area contributed by atoms with Crippen molar-refractivity contribution in [3.63, 3.8) is 0 Å². The third-order valence-electron chi connectivity index (χ3n) is 4.17. The van der Waals surface area contributed by atoms with Crippen molar-refractivity contribution in [2.45, 2.75) is 24.8 Å². The van der Waals surface area contributed by atoms with Crippen LogP contribution in [0, 0.1) is 0 Å². The van der Waals surface area contributed by atoms with Crippen molar-refractivity contribution >= 4 is 15.9 Å². The van der Waals surface area contributed by atoms with Crippen LogP contribution < -0.4 is 0 Å². The number of rotatable bonds is 8. The van der Waals surface area contributed by atoms with Crippen molar-refractivity contribution in [3.8, 4) is 11.7 Å². The normalized spacial score (nSPS) is 11.7. The molecule has 0 N–H and O–H groups in total. The molecular weight excluding hydrogens is 396 g/mol. The zero-order valence-corrected chi connectivity index (χ0v) is 17.2. The molecule has 0 bridgehead atoms. The standard InChI is InChI=1S/C19H22N4O5S/c1-4-10-23(13-17-20-21-18(28-17)16-9-6-11-27-16)19(24)14-7-5-8-15(12-14)29(25,26)22(2)3/h5-9,11-12H,4,10,13H2,1-3H3. The summed E-state index contributed by atoms with van der Waals surface area (Å²) in [5, 5.41) is 7.91. The number of benzene rings is 1. The van der Waals surface area contributed by atoms with Crippen LogP contribution in [0.2, 0.25) is 0 Å². The Morgan fingerprint density at radius 3 is 2.59 bits per heavy atom. The number of amides is 1. The number of furan rings is 1. The molecule has 0 aliphatic heterocycles. The molecule has 3 aromatic rings. The first-order valence-electron chi connectivity index (χ1n) is 9.01. The van der Waals surface area contributed by atoms with Gasteiger partial charge in [-0.25, -0.2) is 12.7 Å². The van der Waals surface area contributed by atoms with Gasteiger partial charge in [0.15, 0.2) is 5.76 Å². The van der Waals surface area contributed by atoms with Crippen molar-refractivity contribution in [2.75, 3.05) is 20.6 Å². The Labute approximate surface area is 169 Å². The van der Waals surface area contributed by atoms with E-state index in [9.17, 15) is 13.2 Å². The number of hydrogen-bond donors (Lipinski definition) is 0. The fraction of sp³-hybridized carbons (Fsp3) is 0.316. The van der Waals surface area contributed by atoms with Crippen LogP contribution >= 0.6 is 0 Å². The van der Waals surface area contributed by atoms with Crippen molar-refractivity contribution in [1.29, 1.82) is 0 Å². The third kappa shape index (κ3) is 4.54. The smallest absolute Gasteiger partial charge is 0.283 e. The summed E-state index contributed by atoms with van der Waals surface area (Å²) in [5.41, 5.74) is 0.271. The summed E-state index contributed by atoms with van der Waals surface area (Å²) < 4.78 is 36.7. The molecule has 0 radical (unpaired) electrons. The fourth-order valence-corrected chi connectivity index (χ4v) is 3.63. The van der Waals surface area contributed by atoms with Gasteiger partial charge in [0.1, 0.15) is 0 Å². The van der Waals surface area contributed by atoms with E-state index in [-0.39, 0.29) is 34.7 Å². The predicted molar refractivity (Wildman–Crippen MR) is 104 cm³/mol. The maximum atomic E-state index is 13.0. The quantitative estimate of drug-likeness (QED) is 0.553. The molecule has 1 aromatic carbocycles. The van der Waals surface area contributed by atoms with Crippen LogP contribution in [0.1, 0.15) is 29.6 Å². The minimum absolute atomic E-state index is 0.0581. The van der Waals surface area contributed by atoms with E-state index in [2.05, 4.69) is 10.2 Å². The number of sulfonamides is 1. The monoisotopic (exact) mass is 418 g/mol.